The van der Waals surface area contributed by atoms with Gasteiger partial charge in [-0.2, -0.15) is 0 Å². The zero-order chi connectivity index (χ0) is 28.2. The number of allylic oxidation sites excluding steroid dienone is 2. The van der Waals surface area contributed by atoms with Crippen molar-refractivity contribution in [3.8, 4) is 0 Å². The van der Waals surface area contributed by atoms with E-state index < -0.39 is 29.9 Å². The highest BCUT2D eigenvalue weighted by Crippen LogP contribution is 2.74. The van der Waals surface area contributed by atoms with Crippen molar-refractivity contribution < 1.29 is 29.6 Å². The molecular weight excluding hydrogens is 480 g/mol. The van der Waals surface area contributed by atoms with Gasteiger partial charge in [0.05, 0.1) is 30.0 Å². The zero-order valence-electron chi connectivity index (χ0n) is 25.1. The van der Waals surface area contributed by atoms with Gasteiger partial charge in [0.25, 0.3) is 0 Å². The van der Waals surface area contributed by atoms with Crippen LogP contribution in [0.15, 0.2) is 11.6 Å². The summed E-state index contributed by atoms with van der Waals surface area (Å²) < 4.78 is 12.3. The van der Waals surface area contributed by atoms with Crippen LogP contribution in [0, 0.1) is 45.3 Å². The monoisotopic (exact) mass is 532 g/mol. The Hall–Kier alpha value is -0.950. The predicted octanol–water partition coefficient (Wildman–Crippen LogP) is 5.03. The number of rotatable bonds is 3. The fourth-order valence-corrected chi connectivity index (χ4v) is 10.8. The lowest BCUT2D eigenvalue weighted by Gasteiger charge is -2.64. The highest BCUT2D eigenvalue weighted by molar-refractivity contribution is 5.66. The maximum absolute atomic E-state index is 12.2. The highest BCUT2D eigenvalue weighted by Gasteiger charge is 2.73. The van der Waals surface area contributed by atoms with E-state index in [1.54, 1.807) is 13.8 Å². The predicted molar refractivity (Wildman–Crippen MR) is 146 cm³/mol. The Morgan fingerprint density at radius 3 is 2.39 bits per heavy atom. The standard InChI is InChI=1S/C32H52O6/c1-17-16-21(27(29(5,6)36)37-18(2)33)38-25-24(17)31(8)15-12-19-20(32(31,9)26(25)35)10-11-22-28(3,4)23(34)13-14-30(19,22)7/h12,17,20-27,34-36H,10-11,13-16H2,1-9H3/t17-,20?,21?,22+,23?,24+,25?,26+,27+,30-,31-,32-/m1/s1. The van der Waals surface area contributed by atoms with Crippen molar-refractivity contribution in [3.05, 3.63) is 11.6 Å². The Morgan fingerprint density at radius 1 is 1.13 bits per heavy atom. The third kappa shape index (κ3) is 3.68. The van der Waals surface area contributed by atoms with Crippen molar-refractivity contribution in [2.75, 3.05) is 0 Å². The van der Waals surface area contributed by atoms with Crippen molar-refractivity contribution in [1.29, 1.82) is 0 Å². The molecule has 6 nitrogen and oxygen atoms in total. The Labute approximate surface area is 229 Å². The average Bonchev–Trinajstić information content (AvgIpc) is 2.98. The van der Waals surface area contributed by atoms with Gasteiger partial charge in [0.2, 0.25) is 0 Å². The molecule has 6 heteroatoms. The Morgan fingerprint density at radius 2 is 1.79 bits per heavy atom. The van der Waals surface area contributed by atoms with Gasteiger partial charge < -0.3 is 24.8 Å². The third-order valence-corrected chi connectivity index (χ3v) is 12.8. The fourth-order valence-electron chi connectivity index (χ4n) is 10.8. The molecule has 12 atom stereocenters. The number of aliphatic hydroxyl groups is 3. The molecule has 216 valence electrons. The van der Waals surface area contributed by atoms with Gasteiger partial charge in [-0.05, 0) is 92.3 Å². The number of hydrogen-bond donors (Lipinski definition) is 3. The van der Waals surface area contributed by atoms with Crippen LogP contribution in [0.1, 0.15) is 101 Å². The normalized spacial score (nSPS) is 50.6. The molecule has 4 aliphatic carbocycles. The van der Waals surface area contributed by atoms with Crippen LogP contribution in [0.3, 0.4) is 0 Å². The first kappa shape index (κ1) is 28.6. The van der Waals surface area contributed by atoms with Crippen LogP contribution in [0.5, 0.6) is 0 Å². The van der Waals surface area contributed by atoms with E-state index in [2.05, 4.69) is 47.6 Å². The molecule has 0 radical (unpaired) electrons. The van der Waals surface area contributed by atoms with E-state index in [-0.39, 0.29) is 51.6 Å². The van der Waals surface area contributed by atoms with E-state index in [0.29, 0.717) is 12.3 Å². The lowest BCUT2D eigenvalue weighted by Crippen LogP contribution is -2.59. The Kier molecular flexibility index (Phi) is 6.60. The van der Waals surface area contributed by atoms with E-state index in [0.717, 1.165) is 32.1 Å². The van der Waals surface area contributed by atoms with Gasteiger partial charge in [0.15, 0.2) is 6.10 Å². The molecule has 1 heterocycles. The van der Waals surface area contributed by atoms with E-state index in [1.807, 2.05) is 0 Å². The first-order valence-corrected chi connectivity index (χ1v) is 15.0. The van der Waals surface area contributed by atoms with Crippen LogP contribution in [0.4, 0.5) is 0 Å². The summed E-state index contributed by atoms with van der Waals surface area (Å²) in [5, 5.41) is 34.0. The van der Waals surface area contributed by atoms with E-state index in [1.165, 1.54) is 12.5 Å². The van der Waals surface area contributed by atoms with E-state index in [9.17, 15) is 20.1 Å². The summed E-state index contributed by atoms with van der Waals surface area (Å²) in [6.45, 7) is 18.5. The number of carbonyl (C=O) groups excluding carboxylic acids is 1. The van der Waals surface area contributed by atoms with Crippen molar-refractivity contribution in [1.82, 2.24) is 0 Å². The second kappa shape index (κ2) is 8.77. The average molecular weight is 533 g/mol. The molecule has 0 spiro atoms. The van der Waals surface area contributed by atoms with Crippen LogP contribution in [0.2, 0.25) is 0 Å². The molecule has 3 N–H and O–H groups in total. The summed E-state index contributed by atoms with van der Waals surface area (Å²) in [6, 6.07) is 0. The molecule has 5 rings (SSSR count). The molecule has 0 bridgehead atoms. The Balaban J connectivity index is 1.51. The molecule has 1 aliphatic heterocycles. The van der Waals surface area contributed by atoms with Crippen LogP contribution < -0.4 is 0 Å². The lowest BCUT2D eigenvalue weighted by atomic mass is 9.41. The molecule has 5 aliphatic rings. The van der Waals surface area contributed by atoms with E-state index in [4.69, 9.17) is 9.47 Å². The molecule has 38 heavy (non-hydrogen) atoms. The quantitative estimate of drug-likeness (QED) is 0.349. The highest BCUT2D eigenvalue weighted by atomic mass is 16.6. The first-order valence-electron chi connectivity index (χ1n) is 15.0. The molecule has 0 aromatic rings. The second-order valence-electron chi connectivity index (χ2n) is 15.5. The maximum Gasteiger partial charge on any atom is 0.303 e. The number of carbonyl (C=O) groups is 1. The van der Waals surface area contributed by atoms with Crippen LogP contribution in [0.25, 0.3) is 0 Å². The van der Waals surface area contributed by atoms with Crippen molar-refractivity contribution in [2.45, 2.75) is 137 Å². The van der Waals surface area contributed by atoms with Gasteiger partial charge in [-0.15, -0.1) is 0 Å². The number of aliphatic hydroxyl groups excluding tert-OH is 2. The minimum atomic E-state index is -1.26. The van der Waals surface area contributed by atoms with Crippen LogP contribution in [-0.2, 0) is 14.3 Å². The van der Waals surface area contributed by atoms with Gasteiger partial charge >= 0.3 is 5.97 Å². The third-order valence-electron chi connectivity index (χ3n) is 12.8. The number of hydrogen-bond acceptors (Lipinski definition) is 6. The largest absolute Gasteiger partial charge is 0.457 e. The summed E-state index contributed by atoms with van der Waals surface area (Å²) >= 11 is 0. The molecule has 0 amide bonds. The van der Waals surface area contributed by atoms with E-state index >= 15 is 0 Å². The fraction of sp³-hybridized carbons (Fsp3) is 0.906. The number of ether oxygens (including phenoxy) is 2. The number of fused-ring (bicyclic) bond motifs is 7. The Bertz CT molecular complexity index is 996. The summed E-state index contributed by atoms with van der Waals surface area (Å²) in [7, 11) is 0. The van der Waals surface area contributed by atoms with Crippen LogP contribution in [-0.4, -0.2) is 57.4 Å². The smallest absolute Gasteiger partial charge is 0.303 e. The molecule has 0 aromatic heterocycles. The minimum Gasteiger partial charge on any atom is -0.457 e. The van der Waals surface area contributed by atoms with Gasteiger partial charge in [-0.1, -0.05) is 53.2 Å². The second-order valence-corrected chi connectivity index (χ2v) is 15.5. The topological polar surface area (TPSA) is 96.2 Å². The molecule has 1 saturated heterocycles. The summed E-state index contributed by atoms with van der Waals surface area (Å²) in [4.78, 5) is 11.9. The summed E-state index contributed by atoms with van der Waals surface area (Å²) in [6.07, 6.45) is 5.44. The summed E-state index contributed by atoms with van der Waals surface area (Å²) in [5.74, 6) is 0.667. The molecule has 4 unspecified atom stereocenters. The zero-order valence-corrected chi connectivity index (χ0v) is 25.1. The van der Waals surface area contributed by atoms with Gasteiger partial charge in [-0.3, -0.25) is 4.79 Å². The number of esters is 1. The lowest BCUT2D eigenvalue weighted by molar-refractivity contribution is -0.216. The summed E-state index contributed by atoms with van der Waals surface area (Å²) in [5.41, 5.74) is -0.336. The van der Waals surface area contributed by atoms with Gasteiger partial charge in [-0.25, -0.2) is 0 Å². The van der Waals surface area contributed by atoms with Crippen molar-refractivity contribution in [2.24, 2.45) is 45.3 Å². The van der Waals surface area contributed by atoms with Crippen molar-refractivity contribution >= 4 is 5.97 Å². The van der Waals surface area contributed by atoms with Crippen LogP contribution >= 0.6 is 0 Å². The first-order chi connectivity index (χ1) is 17.4. The van der Waals surface area contributed by atoms with Gasteiger partial charge in [0, 0.05) is 12.3 Å². The van der Waals surface area contributed by atoms with Crippen molar-refractivity contribution in [3.63, 3.8) is 0 Å². The molecule has 4 fully saturated rings. The molecule has 3 saturated carbocycles. The minimum absolute atomic E-state index is 0.0276. The molecular formula is C32H52O6. The van der Waals surface area contributed by atoms with Gasteiger partial charge in [0.1, 0.15) is 0 Å². The maximum atomic E-state index is 12.2. The molecule has 0 aromatic carbocycles. The SMILES string of the molecule is CC(=O)O[C@@H](C1C[C@@H](C)[C@H]2C(O1)[C@H](O)[C@@]1(C)C3CC[C@H]4C(C)(C)C(O)CC[C@]4(C)C3=CC[C@]21C)C(C)(C)O.